The minimum atomic E-state index is 0.199. The van der Waals surface area contributed by atoms with E-state index >= 15 is 0 Å². The first-order valence-electron chi connectivity index (χ1n) is 6.79. The van der Waals surface area contributed by atoms with E-state index in [1.807, 2.05) is 6.07 Å². The van der Waals surface area contributed by atoms with Gasteiger partial charge in [0, 0.05) is 25.8 Å². The number of hydrogen-bond acceptors (Lipinski definition) is 5. The molecule has 100 valence electrons. The first kappa shape index (κ1) is 13.1. The third kappa shape index (κ3) is 4.14. The fourth-order valence-electron chi connectivity index (χ4n) is 2.31. The van der Waals surface area contributed by atoms with E-state index < -0.39 is 0 Å². The number of aliphatic hydroxyl groups excluding tert-OH is 1. The molecule has 5 heteroatoms. The SMILES string of the molecule is OCCCNc1cc(NCC2CCCC2)ncn1. The van der Waals surface area contributed by atoms with E-state index in [1.165, 1.54) is 25.7 Å². The Hall–Kier alpha value is -1.36. The molecule has 3 N–H and O–H groups in total. The van der Waals surface area contributed by atoms with Crippen molar-refractivity contribution in [1.29, 1.82) is 0 Å². The summed E-state index contributed by atoms with van der Waals surface area (Å²) in [4.78, 5) is 8.36. The van der Waals surface area contributed by atoms with Crippen LogP contribution in [0.5, 0.6) is 0 Å². The first-order chi connectivity index (χ1) is 8.88. The Bertz CT molecular complexity index is 353. The van der Waals surface area contributed by atoms with Gasteiger partial charge in [-0.2, -0.15) is 0 Å². The molecule has 1 heterocycles. The first-order valence-corrected chi connectivity index (χ1v) is 6.79. The number of aliphatic hydroxyl groups is 1. The Morgan fingerprint density at radius 2 is 1.89 bits per heavy atom. The monoisotopic (exact) mass is 250 g/mol. The van der Waals surface area contributed by atoms with Crippen molar-refractivity contribution in [3.63, 3.8) is 0 Å². The molecule has 2 rings (SSSR count). The Kier molecular flexibility index (Phi) is 5.20. The Morgan fingerprint density at radius 1 is 1.17 bits per heavy atom. The van der Waals surface area contributed by atoms with Crippen LogP contribution in [0.3, 0.4) is 0 Å². The lowest BCUT2D eigenvalue weighted by Gasteiger charge is -2.11. The van der Waals surface area contributed by atoms with Gasteiger partial charge in [-0.05, 0) is 25.2 Å². The summed E-state index contributed by atoms with van der Waals surface area (Å²) in [6.45, 7) is 1.94. The summed E-state index contributed by atoms with van der Waals surface area (Å²) in [5, 5.41) is 15.3. The highest BCUT2D eigenvalue weighted by Crippen LogP contribution is 2.24. The molecule has 0 amide bonds. The van der Waals surface area contributed by atoms with E-state index in [4.69, 9.17) is 5.11 Å². The summed E-state index contributed by atoms with van der Waals surface area (Å²) in [7, 11) is 0. The molecule has 0 saturated heterocycles. The van der Waals surface area contributed by atoms with E-state index in [9.17, 15) is 0 Å². The van der Waals surface area contributed by atoms with Crippen molar-refractivity contribution >= 4 is 11.6 Å². The molecule has 0 spiro atoms. The highest BCUT2D eigenvalue weighted by atomic mass is 16.3. The van der Waals surface area contributed by atoms with Crippen LogP contribution in [0.4, 0.5) is 11.6 Å². The van der Waals surface area contributed by atoms with E-state index in [0.29, 0.717) is 0 Å². The predicted octanol–water partition coefficient (Wildman–Crippen LogP) is 1.87. The number of rotatable bonds is 7. The summed E-state index contributed by atoms with van der Waals surface area (Å²) < 4.78 is 0. The maximum absolute atomic E-state index is 8.72. The van der Waals surface area contributed by atoms with Crippen LogP contribution >= 0.6 is 0 Å². The predicted molar refractivity (Wildman–Crippen MR) is 72.7 cm³/mol. The maximum atomic E-state index is 8.72. The molecule has 1 fully saturated rings. The summed E-state index contributed by atoms with van der Waals surface area (Å²) in [5.41, 5.74) is 0. The zero-order chi connectivity index (χ0) is 12.6. The number of aromatic nitrogens is 2. The van der Waals surface area contributed by atoms with Crippen molar-refractivity contribution in [3.8, 4) is 0 Å². The molecule has 0 atom stereocenters. The lowest BCUT2D eigenvalue weighted by molar-refractivity contribution is 0.292. The van der Waals surface area contributed by atoms with Gasteiger partial charge in [0.1, 0.15) is 18.0 Å². The van der Waals surface area contributed by atoms with Crippen LogP contribution in [0.2, 0.25) is 0 Å². The molecule has 0 aliphatic heterocycles. The van der Waals surface area contributed by atoms with Crippen molar-refractivity contribution in [2.75, 3.05) is 30.3 Å². The minimum absolute atomic E-state index is 0.199. The highest BCUT2D eigenvalue weighted by molar-refractivity contribution is 5.46. The lowest BCUT2D eigenvalue weighted by atomic mass is 10.1. The molecule has 1 aliphatic carbocycles. The average Bonchev–Trinajstić information content (AvgIpc) is 2.90. The van der Waals surface area contributed by atoms with E-state index in [-0.39, 0.29) is 6.61 Å². The van der Waals surface area contributed by atoms with Crippen molar-refractivity contribution < 1.29 is 5.11 Å². The summed E-state index contributed by atoms with van der Waals surface area (Å²) >= 11 is 0. The largest absolute Gasteiger partial charge is 0.396 e. The van der Waals surface area contributed by atoms with Crippen LogP contribution in [0.25, 0.3) is 0 Å². The van der Waals surface area contributed by atoms with Gasteiger partial charge in [0.2, 0.25) is 0 Å². The Morgan fingerprint density at radius 3 is 2.61 bits per heavy atom. The number of nitrogens with one attached hydrogen (secondary N) is 2. The van der Waals surface area contributed by atoms with Crippen LogP contribution < -0.4 is 10.6 Å². The summed E-state index contributed by atoms with van der Waals surface area (Å²) in [6, 6.07) is 1.92. The van der Waals surface area contributed by atoms with E-state index in [1.54, 1.807) is 6.33 Å². The Balaban J connectivity index is 1.78. The second-order valence-electron chi connectivity index (χ2n) is 4.82. The smallest absolute Gasteiger partial charge is 0.131 e. The molecule has 18 heavy (non-hydrogen) atoms. The second-order valence-corrected chi connectivity index (χ2v) is 4.82. The summed E-state index contributed by atoms with van der Waals surface area (Å²) in [5.74, 6) is 2.49. The number of anilines is 2. The minimum Gasteiger partial charge on any atom is -0.396 e. The zero-order valence-electron chi connectivity index (χ0n) is 10.7. The van der Waals surface area contributed by atoms with E-state index in [2.05, 4.69) is 20.6 Å². The second kappa shape index (κ2) is 7.16. The molecule has 1 aliphatic rings. The number of hydrogen-bond donors (Lipinski definition) is 3. The summed E-state index contributed by atoms with van der Waals surface area (Å²) in [6.07, 6.45) is 7.70. The van der Waals surface area contributed by atoms with E-state index in [0.717, 1.165) is 37.1 Å². The van der Waals surface area contributed by atoms with Crippen LogP contribution in [0.1, 0.15) is 32.1 Å². The highest BCUT2D eigenvalue weighted by Gasteiger charge is 2.14. The van der Waals surface area contributed by atoms with Crippen molar-refractivity contribution in [1.82, 2.24) is 9.97 Å². The van der Waals surface area contributed by atoms with Gasteiger partial charge in [0.25, 0.3) is 0 Å². The molecule has 1 aromatic heterocycles. The molecular weight excluding hydrogens is 228 g/mol. The average molecular weight is 250 g/mol. The fourth-order valence-corrected chi connectivity index (χ4v) is 2.31. The van der Waals surface area contributed by atoms with Gasteiger partial charge in [0.05, 0.1) is 0 Å². The lowest BCUT2D eigenvalue weighted by Crippen LogP contribution is -2.12. The fraction of sp³-hybridized carbons (Fsp3) is 0.692. The van der Waals surface area contributed by atoms with Gasteiger partial charge < -0.3 is 15.7 Å². The van der Waals surface area contributed by atoms with Crippen LogP contribution in [0.15, 0.2) is 12.4 Å². The van der Waals surface area contributed by atoms with Gasteiger partial charge in [-0.25, -0.2) is 9.97 Å². The van der Waals surface area contributed by atoms with Crippen molar-refractivity contribution in [3.05, 3.63) is 12.4 Å². The maximum Gasteiger partial charge on any atom is 0.131 e. The normalized spacial score (nSPS) is 15.8. The van der Waals surface area contributed by atoms with Crippen molar-refractivity contribution in [2.45, 2.75) is 32.1 Å². The third-order valence-corrected chi connectivity index (χ3v) is 3.35. The quantitative estimate of drug-likeness (QED) is 0.644. The van der Waals surface area contributed by atoms with Gasteiger partial charge in [-0.15, -0.1) is 0 Å². The topological polar surface area (TPSA) is 70.1 Å². The zero-order valence-corrected chi connectivity index (χ0v) is 10.7. The standard InChI is InChI=1S/C13H22N4O/c18-7-3-6-14-12-8-13(17-10-16-12)15-9-11-4-1-2-5-11/h8,10-11,18H,1-7,9H2,(H2,14,15,16,17). The van der Waals surface area contributed by atoms with Gasteiger partial charge in [0.15, 0.2) is 0 Å². The van der Waals surface area contributed by atoms with Gasteiger partial charge in [-0.3, -0.25) is 0 Å². The van der Waals surface area contributed by atoms with Crippen molar-refractivity contribution in [2.24, 2.45) is 5.92 Å². The third-order valence-electron chi connectivity index (χ3n) is 3.35. The van der Waals surface area contributed by atoms with Gasteiger partial charge >= 0.3 is 0 Å². The molecule has 1 aromatic rings. The molecule has 1 saturated carbocycles. The van der Waals surface area contributed by atoms with Crippen LogP contribution in [-0.4, -0.2) is 34.8 Å². The molecule has 0 bridgehead atoms. The molecule has 0 radical (unpaired) electrons. The molecular formula is C13H22N4O. The number of nitrogens with zero attached hydrogens (tertiary/aromatic N) is 2. The Labute approximate surface area is 108 Å². The van der Waals surface area contributed by atoms with Crippen LogP contribution in [0, 0.1) is 5.92 Å². The molecule has 0 unspecified atom stereocenters. The van der Waals surface area contributed by atoms with Crippen LogP contribution in [-0.2, 0) is 0 Å². The van der Waals surface area contributed by atoms with Gasteiger partial charge in [-0.1, -0.05) is 12.8 Å². The molecule has 5 nitrogen and oxygen atoms in total. The molecule has 0 aromatic carbocycles.